The van der Waals surface area contributed by atoms with E-state index in [0.717, 1.165) is 17.9 Å². The molecule has 0 radical (unpaired) electrons. The third-order valence-electron chi connectivity index (χ3n) is 5.28. The van der Waals surface area contributed by atoms with Crippen molar-refractivity contribution in [1.29, 1.82) is 0 Å². The van der Waals surface area contributed by atoms with Crippen LogP contribution < -0.4 is 9.64 Å². The molecule has 0 fully saturated rings. The minimum atomic E-state index is -0.340. The molecule has 0 aliphatic carbocycles. The normalized spacial score (nSPS) is 13.6. The Morgan fingerprint density at radius 1 is 0.906 bits per heavy atom. The van der Waals surface area contributed by atoms with Crippen LogP contribution in [0.2, 0.25) is 0 Å². The van der Waals surface area contributed by atoms with E-state index in [9.17, 15) is 9.59 Å². The van der Waals surface area contributed by atoms with Gasteiger partial charge in [0, 0.05) is 18.9 Å². The van der Waals surface area contributed by atoms with Crippen LogP contribution in [-0.2, 0) is 16.1 Å². The molecule has 0 saturated carbocycles. The van der Waals surface area contributed by atoms with Crippen molar-refractivity contribution in [2.24, 2.45) is 0 Å². The van der Waals surface area contributed by atoms with E-state index in [4.69, 9.17) is 4.74 Å². The van der Waals surface area contributed by atoms with Crippen LogP contribution in [0.25, 0.3) is 5.57 Å². The number of carbonyl (C=O) groups is 2. The molecule has 1 aliphatic rings. The number of benzene rings is 2. The Labute approximate surface area is 187 Å². The second-order valence-corrected chi connectivity index (χ2v) is 7.51. The minimum Gasteiger partial charge on any atom is -0.494 e. The molecule has 6 nitrogen and oxygen atoms in total. The van der Waals surface area contributed by atoms with Gasteiger partial charge in [-0.1, -0.05) is 43.3 Å². The first kappa shape index (κ1) is 21.3. The van der Waals surface area contributed by atoms with Crippen LogP contribution in [0.4, 0.5) is 5.69 Å². The second kappa shape index (κ2) is 9.47. The van der Waals surface area contributed by atoms with Crippen LogP contribution in [0, 0.1) is 0 Å². The molecule has 6 heteroatoms. The summed E-state index contributed by atoms with van der Waals surface area (Å²) in [5, 5.41) is 0. The third-order valence-corrected chi connectivity index (χ3v) is 5.28. The number of rotatable bonds is 8. The lowest BCUT2D eigenvalue weighted by molar-refractivity contribution is -0.137. The molecule has 32 heavy (non-hydrogen) atoms. The topological polar surface area (TPSA) is 62.7 Å². The fraction of sp³-hybridized carbons (Fsp3) is 0.192. The molecule has 162 valence electrons. The first-order valence-electron chi connectivity index (χ1n) is 10.6. The third kappa shape index (κ3) is 4.25. The second-order valence-electron chi connectivity index (χ2n) is 7.51. The fourth-order valence-electron chi connectivity index (χ4n) is 3.65. The molecule has 0 spiro atoms. The summed E-state index contributed by atoms with van der Waals surface area (Å²) in [6, 6.07) is 22.3. The number of ether oxygens (including phenoxy) is 1. The number of hydrogen-bond donors (Lipinski definition) is 0. The molecule has 0 unspecified atom stereocenters. The Hall–Kier alpha value is -3.93. The molecule has 1 aliphatic heterocycles. The van der Waals surface area contributed by atoms with Gasteiger partial charge >= 0.3 is 0 Å². The van der Waals surface area contributed by atoms with Crippen molar-refractivity contribution in [3.63, 3.8) is 0 Å². The summed E-state index contributed by atoms with van der Waals surface area (Å²) < 4.78 is 5.67. The largest absolute Gasteiger partial charge is 0.494 e. The van der Waals surface area contributed by atoms with Gasteiger partial charge in [-0.15, -0.1) is 0 Å². The van der Waals surface area contributed by atoms with Crippen molar-refractivity contribution in [3.05, 3.63) is 95.9 Å². The van der Waals surface area contributed by atoms with Crippen molar-refractivity contribution in [2.45, 2.75) is 19.9 Å². The molecule has 0 saturated heterocycles. The van der Waals surface area contributed by atoms with Gasteiger partial charge in [0.05, 0.1) is 24.4 Å². The summed E-state index contributed by atoms with van der Waals surface area (Å²) in [4.78, 5) is 34.3. The van der Waals surface area contributed by atoms with E-state index < -0.39 is 0 Å². The van der Waals surface area contributed by atoms with Crippen LogP contribution in [0.3, 0.4) is 0 Å². The Morgan fingerprint density at radius 2 is 1.62 bits per heavy atom. The standard InChI is InChI=1S/C26H25N3O3/c1-3-17-32-22-14-12-19(13-15-22)23-24(28(2)21-10-5-4-6-11-21)26(31)29(25(23)30)18-20-9-7-8-16-27-20/h4-16H,3,17-18H2,1-2H3. The van der Waals surface area contributed by atoms with Gasteiger partial charge in [-0.05, 0) is 48.4 Å². The Bertz CT molecular complexity index is 1130. The molecular formula is C26H25N3O3. The number of hydrogen-bond acceptors (Lipinski definition) is 5. The summed E-state index contributed by atoms with van der Waals surface area (Å²) in [7, 11) is 1.80. The Morgan fingerprint density at radius 3 is 2.28 bits per heavy atom. The highest BCUT2D eigenvalue weighted by Crippen LogP contribution is 2.34. The lowest BCUT2D eigenvalue weighted by atomic mass is 10.0. The number of amides is 2. The van der Waals surface area contributed by atoms with Crippen molar-refractivity contribution >= 4 is 23.1 Å². The number of nitrogens with zero attached hydrogens (tertiary/aromatic N) is 3. The van der Waals surface area contributed by atoms with Gasteiger partial charge in [0.15, 0.2) is 0 Å². The average molecular weight is 428 g/mol. The Kier molecular flexibility index (Phi) is 6.31. The van der Waals surface area contributed by atoms with Crippen molar-refractivity contribution < 1.29 is 14.3 Å². The fourth-order valence-corrected chi connectivity index (χ4v) is 3.65. The number of para-hydroxylation sites is 1. The summed E-state index contributed by atoms with van der Waals surface area (Å²) in [6.07, 6.45) is 2.56. The molecule has 0 bridgehead atoms. The van der Waals surface area contributed by atoms with Gasteiger partial charge in [0.1, 0.15) is 11.4 Å². The van der Waals surface area contributed by atoms with Gasteiger partial charge in [0.25, 0.3) is 11.8 Å². The van der Waals surface area contributed by atoms with Crippen LogP contribution >= 0.6 is 0 Å². The van der Waals surface area contributed by atoms with E-state index >= 15 is 0 Å². The monoisotopic (exact) mass is 427 g/mol. The van der Waals surface area contributed by atoms with Crippen molar-refractivity contribution in [1.82, 2.24) is 9.88 Å². The maximum absolute atomic E-state index is 13.5. The number of anilines is 1. The van der Waals surface area contributed by atoms with Crippen molar-refractivity contribution in [2.75, 3.05) is 18.6 Å². The molecule has 1 aromatic heterocycles. The quantitative estimate of drug-likeness (QED) is 0.502. The minimum absolute atomic E-state index is 0.117. The molecule has 2 heterocycles. The predicted octanol–water partition coefficient (Wildman–Crippen LogP) is 4.29. The zero-order valence-electron chi connectivity index (χ0n) is 18.2. The highest BCUT2D eigenvalue weighted by Gasteiger charge is 2.41. The SMILES string of the molecule is CCCOc1ccc(C2=C(N(C)c3ccccc3)C(=O)N(Cc3ccccn3)C2=O)cc1. The van der Waals surface area contributed by atoms with E-state index in [1.54, 1.807) is 30.3 Å². The summed E-state index contributed by atoms with van der Waals surface area (Å²) >= 11 is 0. The molecular weight excluding hydrogens is 402 g/mol. The van der Waals surface area contributed by atoms with Crippen molar-refractivity contribution in [3.8, 4) is 5.75 Å². The number of imide groups is 1. The number of pyridine rings is 1. The number of likely N-dealkylation sites (N-methyl/N-ethyl adjacent to an activating group) is 1. The van der Waals surface area contributed by atoms with Crippen LogP contribution in [0.1, 0.15) is 24.6 Å². The van der Waals surface area contributed by atoms with Crippen LogP contribution in [-0.4, -0.2) is 35.4 Å². The first-order chi connectivity index (χ1) is 15.6. The van der Waals surface area contributed by atoms with Gasteiger partial charge in [-0.25, -0.2) is 0 Å². The van der Waals surface area contributed by atoms with Gasteiger partial charge in [-0.2, -0.15) is 0 Å². The average Bonchev–Trinajstić information content (AvgIpc) is 3.08. The van der Waals surface area contributed by atoms with Crippen LogP contribution in [0.5, 0.6) is 5.75 Å². The predicted molar refractivity (Wildman–Crippen MR) is 124 cm³/mol. The zero-order chi connectivity index (χ0) is 22.5. The summed E-state index contributed by atoms with van der Waals surface area (Å²) in [5.74, 6) is 0.0604. The zero-order valence-corrected chi connectivity index (χ0v) is 18.2. The summed E-state index contributed by atoms with van der Waals surface area (Å²) in [6.45, 7) is 2.79. The number of aromatic nitrogens is 1. The van der Waals surface area contributed by atoms with Gasteiger partial charge < -0.3 is 9.64 Å². The highest BCUT2D eigenvalue weighted by molar-refractivity contribution is 6.36. The van der Waals surface area contributed by atoms with E-state index in [2.05, 4.69) is 4.98 Å². The summed E-state index contributed by atoms with van der Waals surface area (Å²) in [5.41, 5.74) is 2.87. The first-order valence-corrected chi connectivity index (χ1v) is 10.6. The molecule has 2 aromatic carbocycles. The van der Waals surface area contributed by atoms with E-state index in [1.807, 2.05) is 67.6 Å². The molecule has 0 N–H and O–H groups in total. The Balaban J connectivity index is 1.74. The lowest BCUT2D eigenvalue weighted by Crippen LogP contribution is -2.34. The molecule has 3 aromatic rings. The van der Waals surface area contributed by atoms with Crippen LogP contribution in [0.15, 0.2) is 84.7 Å². The van der Waals surface area contributed by atoms with E-state index in [-0.39, 0.29) is 18.4 Å². The van der Waals surface area contributed by atoms with Gasteiger partial charge in [-0.3, -0.25) is 19.5 Å². The lowest BCUT2D eigenvalue weighted by Gasteiger charge is -2.21. The smallest absolute Gasteiger partial charge is 0.278 e. The van der Waals surface area contributed by atoms with E-state index in [0.29, 0.717) is 29.1 Å². The van der Waals surface area contributed by atoms with Gasteiger partial charge in [0.2, 0.25) is 0 Å². The number of carbonyl (C=O) groups excluding carboxylic acids is 2. The highest BCUT2D eigenvalue weighted by atomic mass is 16.5. The maximum atomic E-state index is 13.5. The molecule has 4 rings (SSSR count). The molecule has 0 atom stereocenters. The van der Waals surface area contributed by atoms with E-state index in [1.165, 1.54) is 4.90 Å². The maximum Gasteiger partial charge on any atom is 0.278 e. The molecule has 2 amide bonds.